The molecule has 0 bridgehead atoms. The molecular weight excluding hydrogens is 260 g/mol. The van der Waals surface area contributed by atoms with Crippen molar-refractivity contribution in [1.29, 1.82) is 0 Å². The van der Waals surface area contributed by atoms with Crippen molar-refractivity contribution in [3.8, 4) is 0 Å². The fourth-order valence-corrected chi connectivity index (χ4v) is 3.55. The van der Waals surface area contributed by atoms with Gasteiger partial charge in [0.25, 0.3) is 0 Å². The number of hydrogen-bond donors (Lipinski definition) is 2. The van der Waals surface area contributed by atoms with Gasteiger partial charge >= 0.3 is 0 Å². The van der Waals surface area contributed by atoms with Gasteiger partial charge in [0, 0.05) is 12.7 Å². The topological polar surface area (TPSA) is 35.5 Å². The van der Waals surface area contributed by atoms with Crippen LogP contribution < -0.4 is 5.32 Å². The van der Waals surface area contributed by atoms with Gasteiger partial charge in [-0.15, -0.1) is 0 Å². The van der Waals surface area contributed by atoms with Crippen LogP contribution >= 0.6 is 0 Å². The third kappa shape index (κ3) is 3.04. The summed E-state index contributed by atoms with van der Waals surface area (Å²) < 4.78 is 0. The fraction of sp³-hybridized carbons (Fsp3) is 0.444. The summed E-state index contributed by atoms with van der Waals surface area (Å²) in [4.78, 5) is 2.29. The zero-order chi connectivity index (χ0) is 14.7. The maximum Gasteiger partial charge on any atom is 0.0912 e. The second-order valence-electron chi connectivity index (χ2n) is 6.17. The van der Waals surface area contributed by atoms with Crippen LogP contribution in [0, 0.1) is 0 Å². The van der Waals surface area contributed by atoms with Gasteiger partial charge in [0.1, 0.15) is 0 Å². The van der Waals surface area contributed by atoms with Gasteiger partial charge in [-0.25, -0.2) is 0 Å². The van der Waals surface area contributed by atoms with Crippen molar-refractivity contribution in [2.45, 2.75) is 38.0 Å². The molecular formula is C18H24N2O. The van der Waals surface area contributed by atoms with Crippen LogP contribution in [-0.2, 0) is 6.54 Å². The SMILES string of the molecule is CC1=CC=CN(Cc2ccccc2)C1C1(O)CCNCC1. The summed E-state index contributed by atoms with van der Waals surface area (Å²) in [6.07, 6.45) is 7.94. The van der Waals surface area contributed by atoms with E-state index in [1.54, 1.807) is 0 Å². The number of piperidine rings is 1. The smallest absolute Gasteiger partial charge is 0.0912 e. The minimum absolute atomic E-state index is 0.0739. The Hall–Kier alpha value is -1.58. The molecule has 0 radical (unpaired) electrons. The number of aliphatic hydroxyl groups is 1. The summed E-state index contributed by atoms with van der Waals surface area (Å²) in [6.45, 7) is 4.75. The molecule has 1 atom stereocenters. The van der Waals surface area contributed by atoms with Crippen LogP contribution in [-0.4, -0.2) is 34.7 Å². The Morgan fingerprint density at radius 2 is 1.95 bits per heavy atom. The minimum Gasteiger partial charge on any atom is -0.387 e. The molecule has 3 rings (SSSR count). The number of allylic oxidation sites excluding steroid dienone is 2. The average Bonchev–Trinajstić information content (AvgIpc) is 2.49. The zero-order valence-electron chi connectivity index (χ0n) is 12.6. The van der Waals surface area contributed by atoms with Crippen molar-refractivity contribution in [2.24, 2.45) is 0 Å². The lowest BCUT2D eigenvalue weighted by Crippen LogP contribution is -2.56. The number of nitrogens with zero attached hydrogens (tertiary/aromatic N) is 1. The van der Waals surface area contributed by atoms with Crippen molar-refractivity contribution in [3.05, 3.63) is 59.8 Å². The summed E-state index contributed by atoms with van der Waals surface area (Å²) in [5, 5.41) is 14.5. The van der Waals surface area contributed by atoms with Crippen LogP contribution in [0.15, 0.2) is 54.3 Å². The predicted octanol–water partition coefficient (Wildman–Crippen LogP) is 2.45. The first-order chi connectivity index (χ1) is 10.2. The molecule has 3 heteroatoms. The van der Waals surface area contributed by atoms with Gasteiger partial charge < -0.3 is 15.3 Å². The molecule has 0 saturated carbocycles. The number of rotatable bonds is 3. The Bertz CT molecular complexity index is 529. The van der Waals surface area contributed by atoms with Gasteiger partial charge in [0.05, 0.1) is 11.6 Å². The first-order valence-electron chi connectivity index (χ1n) is 7.77. The van der Waals surface area contributed by atoms with Crippen molar-refractivity contribution < 1.29 is 5.11 Å². The second-order valence-corrected chi connectivity index (χ2v) is 6.17. The molecule has 1 aromatic rings. The Balaban J connectivity index is 1.84. The first-order valence-corrected chi connectivity index (χ1v) is 7.77. The van der Waals surface area contributed by atoms with Crippen molar-refractivity contribution >= 4 is 0 Å². The lowest BCUT2D eigenvalue weighted by atomic mass is 9.79. The van der Waals surface area contributed by atoms with Crippen LogP contribution in [0.25, 0.3) is 0 Å². The van der Waals surface area contributed by atoms with E-state index in [2.05, 4.69) is 59.8 Å². The molecule has 0 amide bonds. The molecule has 2 N–H and O–H groups in total. The van der Waals surface area contributed by atoms with Gasteiger partial charge in [-0.3, -0.25) is 0 Å². The fourth-order valence-electron chi connectivity index (χ4n) is 3.55. The monoisotopic (exact) mass is 284 g/mol. The molecule has 1 fully saturated rings. The number of nitrogens with one attached hydrogen (secondary N) is 1. The van der Waals surface area contributed by atoms with E-state index in [-0.39, 0.29) is 6.04 Å². The standard InChI is InChI=1S/C18H24N2O/c1-15-6-5-13-20(14-16-7-3-2-4-8-16)17(15)18(21)9-11-19-12-10-18/h2-8,13,17,19,21H,9-12,14H2,1H3. The van der Waals surface area contributed by atoms with E-state index in [0.717, 1.165) is 32.5 Å². The molecule has 2 heterocycles. The van der Waals surface area contributed by atoms with Crippen molar-refractivity contribution in [2.75, 3.05) is 13.1 Å². The van der Waals surface area contributed by atoms with E-state index < -0.39 is 5.60 Å². The maximum atomic E-state index is 11.2. The molecule has 2 aliphatic rings. The Morgan fingerprint density at radius 3 is 2.67 bits per heavy atom. The minimum atomic E-state index is -0.634. The first kappa shape index (κ1) is 14.4. The van der Waals surface area contributed by atoms with Crippen molar-refractivity contribution in [1.82, 2.24) is 10.2 Å². The van der Waals surface area contributed by atoms with Gasteiger partial charge in [0.2, 0.25) is 0 Å². The third-order valence-electron chi connectivity index (χ3n) is 4.59. The highest BCUT2D eigenvalue weighted by Crippen LogP contribution is 2.33. The van der Waals surface area contributed by atoms with E-state index in [9.17, 15) is 5.11 Å². The largest absolute Gasteiger partial charge is 0.387 e. The number of hydrogen-bond acceptors (Lipinski definition) is 3. The maximum absolute atomic E-state index is 11.2. The summed E-state index contributed by atoms with van der Waals surface area (Å²) in [5.74, 6) is 0. The molecule has 2 aliphatic heterocycles. The number of benzene rings is 1. The molecule has 1 unspecified atom stereocenters. The van der Waals surface area contributed by atoms with Gasteiger partial charge in [-0.1, -0.05) is 36.4 Å². The van der Waals surface area contributed by atoms with E-state index in [0.29, 0.717) is 0 Å². The summed E-state index contributed by atoms with van der Waals surface area (Å²) in [6, 6.07) is 10.5. The molecule has 3 nitrogen and oxygen atoms in total. The summed E-state index contributed by atoms with van der Waals surface area (Å²) >= 11 is 0. The van der Waals surface area contributed by atoms with E-state index >= 15 is 0 Å². The Morgan fingerprint density at radius 1 is 1.24 bits per heavy atom. The molecule has 1 aromatic carbocycles. The highest BCUT2D eigenvalue weighted by molar-refractivity contribution is 5.27. The van der Waals surface area contributed by atoms with Gasteiger partial charge in [-0.2, -0.15) is 0 Å². The van der Waals surface area contributed by atoms with Gasteiger partial charge in [0.15, 0.2) is 0 Å². The van der Waals surface area contributed by atoms with Crippen LogP contribution in [0.4, 0.5) is 0 Å². The van der Waals surface area contributed by atoms with Gasteiger partial charge in [-0.05, 0) is 50.1 Å². The van der Waals surface area contributed by atoms with E-state index in [1.807, 2.05) is 6.07 Å². The summed E-state index contributed by atoms with van der Waals surface area (Å²) in [5.41, 5.74) is 1.89. The van der Waals surface area contributed by atoms with Crippen molar-refractivity contribution in [3.63, 3.8) is 0 Å². The molecule has 1 saturated heterocycles. The molecule has 0 spiro atoms. The van der Waals surface area contributed by atoms with Crippen LogP contribution in [0.2, 0.25) is 0 Å². The zero-order valence-corrected chi connectivity index (χ0v) is 12.6. The second kappa shape index (κ2) is 6.04. The van der Waals surface area contributed by atoms with Crippen LogP contribution in [0.5, 0.6) is 0 Å². The highest BCUT2D eigenvalue weighted by atomic mass is 16.3. The molecule has 0 aromatic heterocycles. The lowest BCUT2D eigenvalue weighted by molar-refractivity contribution is -0.0453. The molecule has 21 heavy (non-hydrogen) atoms. The highest BCUT2D eigenvalue weighted by Gasteiger charge is 2.41. The normalized spacial score (nSPS) is 24.8. The van der Waals surface area contributed by atoms with Crippen LogP contribution in [0.1, 0.15) is 25.3 Å². The molecule has 0 aliphatic carbocycles. The average molecular weight is 284 g/mol. The quantitative estimate of drug-likeness (QED) is 0.895. The van der Waals surface area contributed by atoms with Crippen LogP contribution in [0.3, 0.4) is 0 Å². The van der Waals surface area contributed by atoms with E-state index in [1.165, 1.54) is 11.1 Å². The lowest BCUT2D eigenvalue weighted by Gasteiger charge is -2.46. The summed E-state index contributed by atoms with van der Waals surface area (Å²) in [7, 11) is 0. The Kier molecular flexibility index (Phi) is 4.13. The van der Waals surface area contributed by atoms with E-state index in [4.69, 9.17) is 0 Å². The third-order valence-corrected chi connectivity index (χ3v) is 4.59. The Labute approximate surface area is 127 Å². The predicted molar refractivity (Wildman–Crippen MR) is 85.7 cm³/mol. The molecule has 112 valence electrons.